The fourth-order valence-corrected chi connectivity index (χ4v) is 7.32. The monoisotopic (exact) mass is 539 g/mol. The van der Waals surface area contributed by atoms with Crippen molar-refractivity contribution in [3.63, 3.8) is 0 Å². The van der Waals surface area contributed by atoms with E-state index in [1.54, 1.807) is 20.8 Å². The molecule has 5 atom stereocenters. The molecule has 4 aliphatic rings. The lowest BCUT2D eigenvalue weighted by Gasteiger charge is -2.46. The average Bonchev–Trinajstić information content (AvgIpc) is 3.14. The van der Waals surface area contributed by atoms with Crippen LogP contribution in [0, 0.1) is 5.92 Å². The number of fused-ring (bicyclic) bond motifs is 2. The lowest BCUT2D eigenvalue weighted by molar-refractivity contribution is -0.125. The number of anilines is 1. The van der Waals surface area contributed by atoms with E-state index in [1.807, 2.05) is 13.1 Å². The number of carbonyl (C=O) groups excluding carboxylic acids is 3. The summed E-state index contributed by atoms with van der Waals surface area (Å²) in [6.45, 7) is 6.20. The zero-order chi connectivity index (χ0) is 28.5. The standard InChI is InChI=1S/C12H21NO.C12H15NO.C9H17NO/c2*1-9(14)11-8-7-10-5-3-4-6-12(10)13(11)2;1-8(11)9-6-4-3-5-7-10(9)2/h10-12H,3-8H2,1-2H3;3-6,11H,7-8H2,1-2H3;9H,3-7H2,1-2H3. The van der Waals surface area contributed by atoms with Crippen LogP contribution in [0.15, 0.2) is 24.3 Å². The number of likely N-dealkylation sites (tertiary alicyclic amines) is 2. The van der Waals surface area contributed by atoms with Crippen molar-refractivity contribution in [2.75, 3.05) is 32.6 Å². The summed E-state index contributed by atoms with van der Waals surface area (Å²) in [6.07, 6.45) is 14.6. The Balaban J connectivity index is 0.000000163. The highest BCUT2D eigenvalue weighted by atomic mass is 16.1. The van der Waals surface area contributed by atoms with Gasteiger partial charge in [0, 0.05) is 18.8 Å². The van der Waals surface area contributed by atoms with Gasteiger partial charge in [0.2, 0.25) is 0 Å². The third-order valence-electron chi connectivity index (χ3n) is 9.65. The Morgan fingerprint density at radius 2 is 1.31 bits per heavy atom. The zero-order valence-corrected chi connectivity index (χ0v) is 25.5. The summed E-state index contributed by atoms with van der Waals surface area (Å²) in [5.41, 5.74) is 2.56. The minimum atomic E-state index is 0.0740. The summed E-state index contributed by atoms with van der Waals surface area (Å²) >= 11 is 0. The van der Waals surface area contributed by atoms with Crippen molar-refractivity contribution >= 4 is 23.0 Å². The van der Waals surface area contributed by atoms with Gasteiger partial charge in [0.25, 0.3) is 0 Å². The molecule has 1 aromatic rings. The first-order valence-electron chi connectivity index (χ1n) is 15.4. The van der Waals surface area contributed by atoms with Crippen molar-refractivity contribution in [1.29, 1.82) is 0 Å². The molecule has 1 aliphatic carbocycles. The number of carbonyl (C=O) groups is 3. The molecule has 6 heteroatoms. The van der Waals surface area contributed by atoms with Gasteiger partial charge in [-0.3, -0.25) is 24.2 Å². The maximum Gasteiger partial charge on any atom is 0.152 e. The molecule has 3 aliphatic heterocycles. The van der Waals surface area contributed by atoms with E-state index in [1.165, 1.54) is 62.6 Å². The molecular formula is C33H53N3O3. The van der Waals surface area contributed by atoms with Crippen LogP contribution < -0.4 is 4.90 Å². The molecule has 1 aromatic carbocycles. The maximum absolute atomic E-state index is 11.4. The summed E-state index contributed by atoms with van der Waals surface area (Å²) in [5.74, 6) is 1.83. The second-order valence-corrected chi connectivity index (χ2v) is 12.3. The molecule has 0 N–H and O–H groups in total. The summed E-state index contributed by atoms with van der Waals surface area (Å²) in [6, 6.07) is 9.51. The van der Waals surface area contributed by atoms with Crippen molar-refractivity contribution in [3.05, 3.63) is 29.8 Å². The largest absolute Gasteiger partial charge is 0.364 e. The van der Waals surface area contributed by atoms with E-state index in [9.17, 15) is 14.4 Å². The van der Waals surface area contributed by atoms with E-state index < -0.39 is 0 Å². The van der Waals surface area contributed by atoms with Gasteiger partial charge >= 0.3 is 0 Å². The summed E-state index contributed by atoms with van der Waals surface area (Å²) in [7, 11) is 6.20. The molecule has 218 valence electrons. The Bertz CT molecular complexity index is 963. The van der Waals surface area contributed by atoms with Gasteiger partial charge in [-0.15, -0.1) is 0 Å². The molecule has 0 spiro atoms. The van der Waals surface area contributed by atoms with Crippen LogP contribution >= 0.6 is 0 Å². The Hall–Kier alpha value is -2.05. The molecule has 5 unspecified atom stereocenters. The molecule has 0 radical (unpaired) electrons. The Labute approximate surface area is 237 Å². The van der Waals surface area contributed by atoms with Crippen LogP contribution in [0.25, 0.3) is 0 Å². The quantitative estimate of drug-likeness (QED) is 0.491. The SMILES string of the molecule is CC(=O)C1CCC2CCCCC2N1C.CC(=O)C1CCCCCN1C.CC(=O)C1CCc2ccccc2N1C. The van der Waals surface area contributed by atoms with Crippen LogP contribution in [0.5, 0.6) is 0 Å². The topological polar surface area (TPSA) is 60.9 Å². The van der Waals surface area contributed by atoms with E-state index in [-0.39, 0.29) is 23.9 Å². The van der Waals surface area contributed by atoms with E-state index in [0.29, 0.717) is 17.6 Å². The molecular weight excluding hydrogens is 486 g/mol. The highest BCUT2D eigenvalue weighted by Gasteiger charge is 2.37. The van der Waals surface area contributed by atoms with E-state index in [0.717, 1.165) is 38.1 Å². The first-order chi connectivity index (χ1) is 18.6. The maximum atomic E-state index is 11.4. The van der Waals surface area contributed by atoms with Crippen molar-refractivity contribution in [1.82, 2.24) is 9.80 Å². The van der Waals surface area contributed by atoms with Crippen molar-refractivity contribution in [2.24, 2.45) is 5.92 Å². The van der Waals surface area contributed by atoms with Gasteiger partial charge in [0.15, 0.2) is 5.78 Å². The van der Waals surface area contributed by atoms with Crippen LogP contribution in [0.1, 0.15) is 97.0 Å². The second-order valence-electron chi connectivity index (χ2n) is 12.3. The predicted octanol–water partition coefficient (Wildman–Crippen LogP) is 5.70. The smallest absolute Gasteiger partial charge is 0.152 e. The van der Waals surface area contributed by atoms with Crippen molar-refractivity contribution in [3.8, 4) is 0 Å². The number of piperidine rings is 1. The fourth-order valence-electron chi connectivity index (χ4n) is 7.32. The van der Waals surface area contributed by atoms with E-state index in [2.05, 4.69) is 47.0 Å². The Morgan fingerprint density at radius 3 is 2.00 bits per heavy atom. The number of para-hydroxylation sites is 1. The number of nitrogens with zero attached hydrogens (tertiary/aromatic N) is 3. The summed E-state index contributed by atoms with van der Waals surface area (Å²) in [5, 5.41) is 0. The molecule has 0 aromatic heterocycles. The van der Waals surface area contributed by atoms with Gasteiger partial charge in [-0.25, -0.2) is 0 Å². The fraction of sp³-hybridized carbons (Fsp3) is 0.727. The zero-order valence-electron chi connectivity index (χ0n) is 25.5. The minimum absolute atomic E-state index is 0.0740. The third-order valence-corrected chi connectivity index (χ3v) is 9.65. The number of benzene rings is 1. The van der Waals surface area contributed by atoms with Crippen LogP contribution in [-0.4, -0.2) is 79.0 Å². The molecule has 5 rings (SSSR count). The molecule has 6 nitrogen and oxygen atoms in total. The number of Topliss-reactive ketones (excluding diaryl/α,β-unsaturated/α-hetero) is 3. The van der Waals surface area contributed by atoms with Gasteiger partial charge < -0.3 is 4.90 Å². The van der Waals surface area contributed by atoms with Gasteiger partial charge in [0.05, 0.1) is 18.1 Å². The number of hydrogen-bond donors (Lipinski definition) is 0. The summed E-state index contributed by atoms with van der Waals surface area (Å²) in [4.78, 5) is 40.6. The molecule has 3 fully saturated rings. The molecule has 0 bridgehead atoms. The minimum Gasteiger partial charge on any atom is -0.364 e. The molecule has 3 heterocycles. The van der Waals surface area contributed by atoms with Gasteiger partial charge in [-0.05, 0) is 110 Å². The molecule has 2 saturated heterocycles. The van der Waals surface area contributed by atoms with Crippen LogP contribution in [0.2, 0.25) is 0 Å². The first kappa shape index (κ1) is 31.5. The lowest BCUT2D eigenvalue weighted by atomic mass is 9.76. The molecule has 0 amide bonds. The normalized spacial score (nSPS) is 29.3. The van der Waals surface area contributed by atoms with Crippen LogP contribution in [-0.2, 0) is 20.8 Å². The summed E-state index contributed by atoms with van der Waals surface area (Å²) < 4.78 is 0. The third kappa shape index (κ3) is 8.47. The number of aryl methyl sites for hydroxylation is 1. The van der Waals surface area contributed by atoms with Crippen LogP contribution in [0.4, 0.5) is 5.69 Å². The lowest BCUT2D eigenvalue weighted by Crippen LogP contribution is -2.52. The van der Waals surface area contributed by atoms with E-state index in [4.69, 9.17) is 0 Å². The molecule has 39 heavy (non-hydrogen) atoms. The Morgan fingerprint density at radius 1 is 0.667 bits per heavy atom. The Kier molecular flexibility index (Phi) is 12.2. The number of hydrogen-bond acceptors (Lipinski definition) is 6. The van der Waals surface area contributed by atoms with Crippen molar-refractivity contribution in [2.45, 2.75) is 122 Å². The van der Waals surface area contributed by atoms with Crippen LogP contribution in [0.3, 0.4) is 0 Å². The number of likely N-dealkylation sites (N-methyl/N-ethyl adjacent to an activating group) is 3. The number of rotatable bonds is 3. The number of ketones is 3. The first-order valence-corrected chi connectivity index (χ1v) is 15.4. The highest BCUT2D eigenvalue weighted by Crippen LogP contribution is 2.37. The van der Waals surface area contributed by atoms with Gasteiger partial charge in [-0.1, -0.05) is 43.9 Å². The van der Waals surface area contributed by atoms with E-state index >= 15 is 0 Å². The molecule has 1 saturated carbocycles. The van der Waals surface area contributed by atoms with Gasteiger partial charge in [0.1, 0.15) is 11.6 Å². The predicted molar refractivity (Wildman–Crippen MR) is 160 cm³/mol. The average molecular weight is 540 g/mol. The highest BCUT2D eigenvalue weighted by molar-refractivity contribution is 5.86. The van der Waals surface area contributed by atoms with Gasteiger partial charge in [-0.2, -0.15) is 0 Å². The van der Waals surface area contributed by atoms with Crippen molar-refractivity contribution < 1.29 is 14.4 Å². The second kappa shape index (κ2) is 15.1.